The second kappa shape index (κ2) is 13.3. The number of thiophene rings is 1. The van der Waals surface area contributed by atoms with Crippen molar-refractivity contribution in [2.45, 2.75) is 6.17 Å². The first-order valence-electron chi connectivity index (χ1n) is 18.8. The van der Waals surface area contributed by atoms with Crippen LogP contribution in [0.2, 0.25) is 0 Å². The van der Waals surface area contributed by atoms with E-state index in [0.29, 0.717) is 5.84 Å². The number of nitrogens with one attached hydrogen (secondary N) is 1. The Balaban J connectivity index is 0.987. The Kier molecular flexibility index (Phi) is 7.71. The Bertz CT molecular complexity index is 3180. The molecule has 1 N–H and O–H groups in total. The Hall–Kier alpha value is -7.08. The molecule has 56 heavy (non-hydrogen) atoms. The monoisotopic (exact) mass is 735 g/mol. The lowest BCUT2D eigenvalue weighted by Gasteiger charge is -2.24. The highest BCUT2D eigenvalue weighted by molar-refractivity contribution is 7.26. The standard InChI is InChI=1S/C51H33N3OS/c1-3-14-32(15-4-1)49-52-50(33-16-5-2-6-17-33)54-51(53-49)36-19-11-18-34(30-36)35-28-29-43-45(31-35)55-44-26-13-23-40(47(43)44)37-20-7-8-21-38(37)41-24-12-25-42-39-22-9-10-27-46(39)56-48(41)42/h1-31,51H,(H,52,53,54). The van der Waals surface area contributed by atoms with Gasteiger partial charge in [-0.25, -0.2) is 9.98 Å². The van der Waals surface area contributed by atoms with Gasteiger partial charge in [-0.2, -0.15) is 0 Å². The molecule has 0 aliphatic carbocycles. The molecule has 1 atom stereocenters. The zero-order chi connectivity index (χ0) is 37.0. The summed E-state index contributed by atoms with van der Waals surface area (Å²) in [5.41, 5.74) is 11.8. The minimum atomic E-state index is -0.311. The second-order valence-corrected chi connectivity index (χ2v) is 15.2. The first kappa shape index (κ1) is 32.4. The highest BCUT2D eigenvalue weighted by Crippen LogP contribution is 2.45. The number of fused-ring (bicyclic) bond motifs is 6. The Morgan fingerprint density at radius 1 is 0.464 bits per heavy atom. The number of amidine groups is 2. The summed E-state index contributed by atoms with van der Waals surface area (Å²) in [5.74, 6) is 1.51. The normalized spacial score (nSPS) is 14.2. The molecule has 1 aliphatic heterocycles. The van der Waals surface area contributed by atoms with E-state index in [1.807, 2.05) is 47.7 Å². The highest BCUT2D eigenvalue weighted by atomic mass is 32.1. The summed E-state index contributed by atoms with van der Waals surface area (Å²) >= 11 is 1.87. The molecule has 11 rings (SSSR count). The van der Waals surface area contributed by atoms with Crippen LogP contribution in [0, 0.1) is 0 Å². The first-order chi connectivity index (χ1) is 27.7. The average Bonchev–Trinajstić information content (AvgIpc) is 3.85. The molecule has 10 aromatic rings. The molecule has 0 fully saturated rings. The summed E-state index contributed by atoms with van der Waals surface area (Å²) in [7, 11) is 0. The Morgan fingerprint density at radius 2 is 1.11 bits per heavy atom. The zero-order valence-electron chi connectivity index (χ0n) is 30.2. The van der Waals surface area contributed by atoms with E-state index in [-0.39, 0.29) is 6.17 Å². The molecule has 4 nitrogen and oxygen atoms in total. The molecule has 0 radical (unpaired) electrons. The molecule has 8 aromatic carbocycles. The average molecular weight is 736 g/mol. The fourth-order valence-corrected chi connectivity index (χ4v) is 9.34. The summed E-state index contributed by atoms with van der Waals surface area (Å²) < 4.78 is 9.28. The van der Waals surface area contributed by atoms with Gasteiger partial charge in [0.2, 0.25) is 0 Å². The van der Waals surface area contributed by atoms with Gasteiger partial charge in [0.05, 0.1) is 0 Å². The first-order valence-corrected chi connectivity index (χ1v) is 19.7. The van der Waals surface area contributed by atoms with Gasteiger partial charge < -0.3 is 9.73 Å². The highest BCUT2D eigenvalue weighted by Gasteiger charge is 2.22. The van der Waals surface area contributed by atoms with E-state index in [2.05, 4.69) is 157 Å². The van der Waals surface area contributed by atoms with Crippen LogP contribution >= 0.6 is 11.3 Å². The van der Waals surface area contributed by atoms with E-state index < -0.39 is 0 Å². The maximum Gasteiger partial charge on any atom is 0.159 e. The van der Waals surface area contributed by atoms with Gasteiger partial charge in [-0.15, -0.1) is 11.3 Å². The molecule has 1 aliphatic rings. The van der Waals surface area contributed by atoms with Crippen molar-refractivity contribution in [2.24, 2.45) is 9.98 Å². The third kappa shape index (κ3) is 5.52. The van der Waals surface area contributed by atoms with E-state index in [9.17, 15) is 0 Å². The number of aliphatic imine (C=N–C) groups is 2. The molecule has 0 spiro atoms. The predicted molar refractivity (Wildman–Crippen MR) is 235 cm³/mol. The summed E-state index contributed by atoms with van der Waals surface area (Å²) in [6.07, 6.45) is -0.311. The van der Waals surface area contributed by atoms with Crippen molar-refractivity contribution in [1.82, 2.24) is 5.32 Å². The van der Waals surface area contributed by atoms with Crippen molar-refractivity contribution in [3.05, 3.63) is 205 Å². The van der Waals surface area contributed by atoms with Crippen molar-refractivity contribution in [2.75, 3.05) is 0 Å². The van der Waals surface area contributed by atoms with Crippen LogP contribution in [0.1, 0.15) is 22.9 Å². The minimum absolute atomic E-state index is 0.311. The van der Waals surface area contributed by atoms with E-state index in [1.165, 1.54) is 36.9 Å². The van der Waals surface area contributed by atoms with Gasteiger partial charge >= 0.3 is 0 Å². The van der Waals surface area contributed by atoms with Gasteiger partial charge in [0, 0.05) is 47.6 Å². The van der Waals surface area contributed by atoms with Gasteiger partial charge in [-0.1, -0.05) is 158 Å². The van der Waals surface area contributed by atoms with E-state index in [0.717, 1.165) is 61.2 Å². The predicted octanol–water partition coefficient (Wildman–Crippen LogP) is 13.5. The van der Waals surface area contributed by atoms with Crippen LogP contribution in [0.15, 0.2) is 202 Å². The molecule has 2 aromatic heterocycles. The smallest absolute Gasteiger partial charge is 0.159 e. The molecular formula is C51H33N3OS. The number of furan rings is 1. The molecule has 1 unspecified atom stereocenters. The molecule has 0 saturated carbocycles. The van der Waals surface area contributed by atoms with Crippen LogP contribution in [0.3, 0.4) is 0 Å². The lowest BCUT2D eigenvalue weighted by Crippen LogP contribution is -2.33. The van der Waals surface area contributed by atoms with Gasteiger partial charge in [0.1, 0.15) is 23.2 Å². The zero-order valence-corrected chi connectivity index (χ0v) is 31.0. The number of benzene rings is 8. The van der Waals surface area contributed by atoms with Crippen LogP contribution in [-0.4, -0.2) is 11.7 Å². The van der Waals surface area contributed by atoms with Crippen LogP contribution in [0.4, 0.5) is 0 Å². The van der Waals surface area contributed by atoms with E-state index >= 15 is 0 Å². The molecule has 0 amide bonds. The van der Waals surface area contributed by atoms with Crippen molar-refractivity contribution < 1.29 is 4.42 Å². The van der Waals surface area contributed by atoms with Gasteiger partial charge in [-0.3, -0.25) is 0 Å². The van der Waals surface area contributed by atoms with Crippen LogP contribution < -0.4 is 5.32 Å². The third-order valence-electron chi connectivity index (χ3n) is 10.8. The SMILES string of the molecule is c1ccc(C2=NC(c3cccc(-c4ccc5c(c4)oc4cccc(-c6ccccc6-c6cccc7c6sc6ccccc67)c45)c3)NC(c3ccccc3)=N2)cc1. The fourth-order valence-electron chi connectivity index (χ4n) is 8.11. The lowest BCUT2D eigenvalue weighted by atomic mass is 9.91. The van der Waals surface area contributed by atoms with E-state index in [4.69, 9.17) is 14.4 Å². The molecular weight excluding hydrogens is 703 g/mol. The van der Waals surface area contributed by atoms with Crippen molar-refractivity contribution >= 4 is 65.1 Å². The van der Waals surface area contributed by atoms with Crippen molar-refractivity contribution in [3.63, 3.8) is 0 Å². The Morgan fingerprint density at radius 3 is 1.96 bits per heavy atom. The number of hydrogen-bond donors (Lipinski definition) is 1. The third-order valence-corrected chi connectivity index (χ3v) is 12.0. The van der Waals surface area contributed by atoms with Gasteiger partial charge in [0.15, 0.2) is 5.84 Å². The summed E-state index contributed by atoms with van der Waals surface area (Å²) in [5, 5.41) is 8.44. The lowest BCUT2D eigenvalue weighted by molar-refractivity contribution is 0.669. The molecule has 0 saturated heterocycles. The fraction of sp³-hybridized carbons (Fsp3) is 0.0196. The molecule has 5 heteroatoms. The second-order valence-electron chi connectivity index (χ2n) is 14.1. The van der Waals surface area contributed by atoms with Crippen LogP contribution in [0.5, 0.6) is 0 Å². The summed E-state index contributed by atoms with van der Waals surface area (Å²) in [4.78, 5) is 10.1. The van der Waals surface area contributed by atoms with Crippen molar-refractivity contribution in [3.8, 4) is 33.4 Å². The van der Waals surface area contributed by atoms with Gasteiger partial charge in [0.25, 0.3) is 0 Å². The number of rotatable bonds is 6. The summed E-state index contributed by atoms with van der Waals surface area (Å²) in [6.45, 7) is 0. The minimum Gasteiger partial charge on any atom is -0.456 e. The quantitative estimate of drug-likeness (QED) is 0.185. The number of nitrogens with zero attached hydrogens (tertiary/aromatic N) is 2. The van der Waals surface area contributed by atoms with Gasteiger partial charge in [-0.05, 0) is 63.7 Å². The van der Waals surface area contributed by atoms with Crippen molar-refractivity contribution in [1.29, 1.82) is 0 Å². The Labute approximate surface area is 327 Å². The topological polar surface area (TPSA) is 49.9 Å². The molecule has 0 bridgehead atoms. The maximum absolute atomic E-state index is 6.66. The largest absolute Gasteiger partial charge is 0.456 e. The van der Waals surface area contributed by atoms with E-state index in [1.54, 1.807) is 0 Å². The molecule has 264 valence electrons. The van der Waals surface area contributed by atoms with Crippen LogP contribution in [-0.2, 0) is 0 Å². The molecule has 3 heterocycles. The number of hydrogen-bond acceptors (Lipinski definition) is 5. The van der Waals surface area contributed by atoms with Crippen LogP contribution in [0.25, 0.3) is 75.5 Å². The maximum atomic E-state index is 6.66. The summed E-state index contributed by atoms with van der Waals surface area (Å²) in [6, 6.07) is 66.2.